The number of aromatic hydroxyl groups is 1. The lowest BCUT2D eigenvalue weighted by atomic mass is 10.0. The minimum absolute atomic E-state index is 0.00938. The third-order valence-electron chi connectivity index (χ3n) is 2.41. The Balaban J connectivity index is 2.88. The molecule has 5 nitrogen and oxygen atoms in total. The second-order valence-electron chi connectivity index (χ2n) is 3.43. The third-order valence-corrected chi connectivity index (χ3v) is 2.41. The normalized spacial score (nSPS) is 10.2. The summed E-state index contributed by atoms with van der Waals surface area (Å²) in [7, 11) is 1.32. The number of pyridine rings is 1. The molecule has 0 atom stereocenters. The predicted octanol–water partition coefficient (Wildman–Crippen LogP) is 0.694. The molecule has 0 bridgehead atoms. The van der Waals surface area contributed by atoms with E-state index >= 15 is 0 Å². The van der Waals surface area contributed by atoms with E-state index in [4.69, 9.17) is 5.11 Å². The second kappa shape index (κ2) is 5.46. The van der Waals surface area contributed by atoms with Gasteiger partial charge in [-0.15, -0.1) is 0 Å². The first-order chi connectivity index (χ1) is 7.60. The van der Waals surface area contributed by atoms with Gasteiger partial charge in [0.2, 0.25) is 0 Å². The topological polar surface area (TPSA) is 79.7 Å². The van der Waals surface area contributed by atoms with Crippen LogP contribution in [0.3, 0.4) is 0 Å². The molecule has 2 N–H and O–H groups in total. The van der Waals surface area contributed by atoms with Gasteiger partial charge in [0.1, 0.15) is 5.75 Å². The summed E-state index contributed by atoms with van der Waals surface area (Å²) in [5.74, 6) is -0.339. The Morgan fingerprint density at radius 2 is 2.25 bits per heavy atom. The van der Waals surface area contributed by atoms with Crippen LogP contribution in [0.1, 0.15) is 23.2 Å². The van der Waals surface area contributed by atoms with Gasteiger partial charge in [0.15, 0.2) is 0 Å². The fourth-order valence-corrected chi connectivity index (χ4v) is 1.41. The number of hydrogen-bond acceptors (Lipinski definition) is 5. The number of rotatable bonds is 4. The van der Waals surface area contributed by atoms with Crippen molar-refractivity contribution in [2.24, 2.45) is 0 Å². The van der Waals surface area contributed by atoms with Crippen LogP contribution in [0.4, 0.5) is 0 Å². The van der Waals surface area contributed by atoms with Crippen molar-refractivity contribution in [3.63, 3.8) is 0 Å². The molecule has 0 saturated carbocycles. The predicted molar refractivity (Wildman–Crippen MR) is 56.9 cm³/mol. The highest BCUT2D eigenvalue weighted by molar-refractivity contribution is 5.69. The summed E-state index contributed by atoms with van der Waals surface area (Å²) in [5.41, 5.74) is 1.55. The van der Waals surface area contributed by atoms with Crippen molar-refractivity contribution in [3.05, 3.63) is 23.0 Å². The Hall–Kier alpha value is -1.62. The fourth-order valence-electron chi connectivity index (χ4n) is 1.41. The van der Waals surface area contributed by atoms with Crippen LogP contribution in [0, 0.1) is 6.92 Å². The zero-order chi connectivity index (χ0) is 12.1. The van der Waals surface area contributed by atoms with Gasteiger partial charge in [-0.05, 0) is 18.9 Å². The largest absolute Gasteiger partial charge is 0.506 e. The quantitative estimate of drug-likeness (QED) is 0.737. The van der Waals surface area contributed by atoms with Crippen molar-refractivity contribution in [2.45, 2.75) is 26.4 Å². The molecular formula is C11H15NO4. The number of ether oxygens (including phenoxy) is 1. The Morgan fingerprint density at radius 1 is 1.56 bits per heavy atom. The van der Waals surface area contributed by atoms with Gasteiger partial charge in [-0.3, -0.25) is 9.78 Å². The molecule has 0 aromatic carbocycles. The maximum Gasteiger partial charge on any atom is 0.305 e. The lowest BCUT2D eigenvalue weighted by molar-refractivity contribution is -0.140. The van der Waals surface area contributed by atoms with Crippen LogP contribution in [0.25, 0.3) is 0 Å². The average molecular weight is 225 g/mol. The monoisotopic (exact) mass is 225 g/mol. The molecule has 1 rings (SSSR count). The highest BCUT2D eigenvalue weighted by atomic mass is 16.5. The number of aromatic nitrogens is 1. The maximum atomic E-state index is 11.0. The van der Waals surface area contributed by atoms with Crippen molar-refractivity contribution in [3.8, 4) is 5.75 Å². The molecule has 0 spiro atoms. The number of aliphatic hydroxyl groups excluding tert-OH is 1. The van der Waals surface area contributed by atoms with Gasteiger partial charge in [-0.1, -0.05) is 0 Å². The van der Waals surface area contributed by atoms with E-state index in [0.29, 0.717) is 23.2 Å². The van der Waals surface area contributed by atoms with Gasteiger partial charge >= 0.3 is 5.97 Å². The summed E-state index contributed by atoms with van der Waals surface area (Å²) in [6.45, 7) is 1.38. The standard InChI is InChI=1S/C11H15NO4/c1-7-11(15)9(6-13)8(5-12-7)3-4-10(14)16-2/h5,13,15H,3-4,6H2,1-2H3. The third kappa shape index (κ3) is 2.70. The number of methoxy groups -OCH3 is 1. The molecule has 0 aliphatic heterocycles. The number of aliphatic hydroxyl groups is 1. The molecule has 0 unspecified atom stereocenters. The first kappa shape index (κ1) is 12.4. The van der Waals surface area contributed by atoms with Crippen molar-refractivity contribution in [1.82, 2.24) is 4.98 Å². The smallest absolute Gasteiger partial charge is 0.305 e. The van der Waals surface area contributed by atoms with E-state index in [1.807, 2.05) is 0 Å². The molecule has 5 heteroatoms. The first-order valence-corrected chi connectivity index (χ1v) is 4.94. The minimum Gasteiger partial charge on any atom is -0.506 e. The Labute approximate surface area is 93.7 Å². The van der Waals surface area contributed by atoms with Crippen LogP contribution in [0.15, 0.2) is 6.20 Å². The van der Waals surface area contributed by atoms with Gasteiger partial charge in [-0.25, -0.2) is 0 Å². The van der Waals surface area contributed by atoms with Gasteiger partial charge < -0.3 is 14.9 Å². The van der Waals surface area contributed by atoms with Crippen molar-refractivity contribution in [1.29, 1.82) is 0 Å². The molecule has 0 amide bonds. The van der Waals surface area contributed by atoms with Crippen LogP contribution < -0.4 is 0 Å². The molecule has 0 saturated heterocycles. The summed E-state index contributed by atoms with van der Waals surface area (Å²) >= 11 is 0. The molecule has 0 aliphatic rings. The summed E-state index contributed by atoms with van der Waals surface area (Å²) in [6, 6.07) is 0. The molecule has 0 aliphatic carbocycles. The van der Waals surface area contributed by atoms with Crippen molar-refractivity contribution < 1.29 is 19.7 Å². The number of carbonyl (C=O) groups is 1. The summed E-state index contributed by atoms with van der Waals surface area (Å²) < 4.78 is 4.52. The summed E-state index contributed by atoms with van der Waals surface area (Å²) in [5, 5.41) is 18.8. The van der Waals surface area contributed by atoms with Crippen LogP contribution >= 0.6 is 0 Å². The van der Waals surface area contributed by atoms with Crippen LogP contribution in [-0.2, 0) is 22.6 Å². The van der Waals surface area contributed by atoms with Crippen LogP contribution in [-0.4, -0.2) is 28.3 Å². The first-order valence-electron chi connectivity index (χ1n) is 4.94. The molecule has 16 heavy (non-hydrogen) atoms. The number of esters is 1. The lowest BCUT2D eigenvalue weighted by Crippen LogP contribution is -2.05. The Morgan fingerprint density at radius 3 is 2.81 bits per heavy atom. The summed E-state index contributed by atoms with van der Waals surface area (Å²) in [6.07, 6.45) is 2.15. The maximum absolute atomic E-state index is 11.0. The number of nitrogens with zero attached hydrogens (tertiary/aromatic N) is 1. The van der Waals surface area contributed by atoms with E-state index in [1.54, 1.807) is 13.1 Å². The van der Waals surface area contributed by atoms with Gasteiger partial charge in [0.05, 0.1) is 19.4 Å². The van der Waals surface area contributed by atoms with Gasteiger partial charge in [0.25, 0.3) is 0 Å². The molecule has 1 aromatic rings. The van der Waals surface area contributed by atoms with Gasteiger partial charge in [-0.2, -0.15) is 0 Å². The molecule has 1 aromatic heterocycles. The molecular weight excluding hydrogens is 210 g/mol. The highest BCUT2D eigenvalue weighted by Gasteiger charge is 2.12. The lowest BCUT2D eigenvalue weighted by Gasteiger charge is -2.10. The average Bonchev–Trinajstić information content (AvgIpc) is 2.30. The van der Waals surface area contributed by atoms with E-state index in [2.05, 4.69) is 9.72 Å². The summed E-state index contributed by atoms with van der Waals surface area (Å²) in [4.78, 5) is 14.9. The minimum atomic E-state index is -0.330. The number of hydrogen-bond donors (Lipinski definition) is 2. The molecule has 0 fully saturated rings. The van der Waals surface area contributed by atoms with E-state index < -0.39 is 0 Å². The highest BCUT2D eigenvalue weighted by Crippen LogP contribution is 2.24. The SMILES string of the molecule is COC(=O)CCc1cnc(C)c(O)c1CO. The van der Waals surface area contributed by atoms with Crippen molar-refractivity contribution in [2.75, 3.05) is 7.11 Å². The zero-order valence-corrected chi connectivity index (χ0v) is 9.36. The number of carbonyl (C=O) groups excluding carboxylic acids is 1. The van der Waals surface area contributed by atoms with Crippen LogP contribution in [0.2, 0.25) is 0 Å². The molecule has 1 heterocycles. The zero-order valence-electron chi connectivity index (χ0n) is 9.36. The van der Waals surface area contributed by atoms with Crippen LogP contribution in [0.5, 0.6) is 5.75 Å². The van der Waals surface area contributed by atoms with E-state index in [-0.39, 0.29) is 24.7 Å². The second-order valence-corrected chi connectivity index (χ2v) is 3.43. The fraction of sp³-hybridized carbons (Fsp3) is 0.455. The number of aryl methyl sites for hydroxylation is 2. The van der Waals surface area contributed by atoms with Crippen molar-refractivity contribution >= 4 is 5.97 Å². The van der Waals surface area contributed by atoms with Gasteiger partial charge in [0, 0.05) is 18.2 Å². The Kier molecular flexibility index (Phi) is 4.25. The molecule has 0 radical (unpaired) electrons. The van der Waals surface area contributed by atoms with E-state index in [9.17, 15) is 9.90 Å². The Bertz CT molecular complexity index is 390. The molecule has 88 valence electrons. The van der Waals surface area contributed by atoms with E-state index in [1.165, 1.54) is 7.11 Å². The van der Waals surface area contributed by atoms with E-state index in [0.717, 1.165) is 0 Å².